The van der Waals surface area contributed by atoms with Gasteiger partial charge in [-0.3, -0.25) is 9.58 Å². The van der Waals surface area contributed by atoms with Crippen LogP contribution in [-0.2, 0) is 6.54 Å². The first-order valence-electron chi connectivity index (χ1n) is 7.31. The van der Waals surface area contributed by atoms with Gasteiger partial charge in [0.25, 0.3) is 0 Å². The van der Waals surface area contributed by atoms with Crippen molar-refractivity contribution < 1.29 is 0 Å². The molecule has 4 heteroatoms. The molecule has 1 aliphatic heterocycles. The maximum absolute atomic E-state index is 4.30. The van der Waals surface area contributed by atoms with Gasteiger partial charge in [0, 0.05) is 44.1 Å². The molecule has 3 rings (SSSR count). The topological polar surface area (TPSA) is 33.1 Å². The summed E-state index contributed by atoms with van der Waals surface area (Å²) in [5.74, 6) is 0.952. The second-order valence-electron chi connectivity index (χ2n) is 5.68. The van der Waals surface area contributed by atoms with Gasteiger partial charge in [-0.1, -0.05) is 6.92 Å². The summed E-state index contributed by atoms with van der Waals surface area (Å²) < 4.78 is 2.05. The fourth-order valence-electron chi connectivity index (χ4n) is 3.04. The first-order chi connectivity index (χ1) is 8.86. The van der Waals surface area contributed by atoms with Gasteiger partial charge in [0.05, 0.1) is 6.54 Å². The average molecular weight is 248 g/mol. The summed E-state index contributed by atoms with van der Waals surface area (Å²) in [4.78, 5) is 2.70. The highest BCUT2D eigenvalue weighted by Gasteiger charge is 2.38. The number of nitrogens with one attached hydrogen (secondary N) is 1. The molecular formula is C14H24N4. The van der Waals surface area contributed by atoms with E-state index in [9.17, 15) is 0 Å². The van der Waals surface area contributed by atoms with Gasteiger partial charge in [0.15, 0.2) is 0 Å². The Morgan fingerprint density at radius 3 is 2.89 bits per heavy atom. The minimum absolute atomic E-state index is 0.678. The predicted molar refractivity (Wildman–Crippen MR) is 72.4 cm³/mol. The summed E-state index contributed by atoms with van der Waals surface area (Å²) in [6.07, 6.45) is 8.02. The molecule has 1 aliphatic carbocycles. The van der Waals surface area contributed by atoms with Gasteiger partial charge in [0.1, 0.15) is 0 Å². The molecule has 0 radical (unpaired) electrons. The minimum atomic E-state index is 0.678. The molecule has 2 aliphatic rings. The second kappa shape index (κ2) is 5.41. The van der Waals surface area contributed by atoms with E-state index >= 15 is 0 Å². The Kier molecular flexibility index (Phi) is 3.66. The van der Waals surface area contributed by atoms with Gasteiger partial charge in [-0.25, -0.2) is 0 Å². The SMILES string of the molecule is CCC1CN(CCn2cccn2)C(C2CC2)CN1. The Bertz CT molecular complexity index is 358. The number of aromatic nitrogens is 2. The third kappa shape index (κ3) is 2.75. The van der Waals surface area contributed by atoms with Crippen molar-refractivity contribution in [2.24, 2.45) is 5.92 Å². The Morgan fingerprint density at radius 2 is 2.22 bits per heavy atom. The molecule has 1 N–H and O–H groups in total. The van der Waals surface area contributed by atoms with Gasteiger partial charge >= 0.3 is 0 Å². The van der Waals surface area contributed by atoms with E-state index in [1.165, 1.54) is 32.4 Å². The van der Waals surface area contributed by atoms with E-state index in [-0.39, 0.29) is 0 Å². The van der Waals surface area contributed by atoms with Crippen LogP contribution >= 0.6 is 0 Å². The average Bonchev–Trinajstić information content (AvgIpc) is 3.12. The molecule has 1 aromatic rings. The van der Waals surface area contributed by atoms with Crippen molar-refractivity contribution in [2.75, 3.05) is 19.6 Å². The maximum atomic E-state index is 4.30. The van der Waals surface area contributed by atoms with E-state index < -0.39 is 0 Å². The molecule has 18 heavy (non-hydrogen) atoms. The lowest BCUT2D eigenvalue weighted by atomic mass is 10.0. The first-order valence-corrected chi connectivity index (χ1v) is 7.31. The van der Waals surface area contributed by atoms with Gasteiger partial charge in [-0.2, -0.15) is 5.10 Å². The van der Waals surface area contributed by atoms with Crippen molar-refractivity contribution in [3.63, 3.8) is 0 Å². The smallest absolute Gasteiger partial charge is 0.0536 e. The van der Waals surface area contributed by atoms with Crippen LogP contribution in [0, 0.1) is 5.92 Å². The van der Waals surface area contributed by atoms with E-state index in [1.54, 1.807) is 0 Å². The van der Waals surface area contributed by atoms with E-state index in [1.807, 2.05) is 16.9 Å². The summed E-state index contributed by atoms with van der Waals surface area (Å²) in [6.45, 7) is 6.83. The molecule has 100 valence electrons. The van der Waals surface area contributed by atoms with Gasteiger partial charge in [0.2, 0.25) is 0 Å². The number of rotatable bonds is 5. The Morgan fingerprint density at radius 1 is 1.33 bits per heavy atom. The molecule has 1 saturated heterocycles. The fraction of sp³-hybridized carbons (Fsp3) is 0.786. The standard InChI is InChI=1S/C14H24N4/c1-2-13-11-17(8-9-18-7-3-6-16-18)14(10-15-13)12-4-5-12/h3,6-7,12-15H,2,4-5,8-11H2,1H3. The molecule has 1 aromatic heterocycles. The Balaban J connectivity index is 1.58. The van der Waals surface area contributed by atoms with Gasteiger partial charge in [-0.15, -0.1) is 0 Å². The lowest BCUT2D eigenvalue weighted by Crippen LogP contribution is -2.57. The zero-order valence-corrected chi connectivity index (χ0v) is 11.3. The maximum Gasteiger partial charge on any atom is 0.0536 e. The number of hydrogen-bond donors (Lipinski definition) is 1. The number of nitrogens with zero attached hydrogens (tertiary/aromatic N) is 3. The summed E-state index contributed by atoms with van der Waals surface area (Å²) in [5.41, 5.74) is 0. The van der Waals surface area contributed by atoms with Crippen LogP contribution in [-0.4, -0.2) is 46.4 Å². The van der Waals surface area contributed by atoms with Crippen LogP contribution < -0.4 is 5.32 Å². The summed E-state index contributed by atoms with van der Waals surface area (Å²) in [7, 11) is 0. The molecule has 2 unspecified atom stereocenters. The monoisotopic (exact) mass is 248 g/mol. The van der Waals surface area contributed by atoms with Crippen LogP contribution in [0.25, 0.3) is 0 Å². The summed E-state index contributed by atoms with van der Waals surface area (Å²) in [5, 5.41) is 8.00. The highest BCUT2D eigenvalue weighted by atomic mass is 15.3. The highest BCUT2D eigenvalue weighted by Crippen LogP contribution is 2.36. The van der Waals surface area contributed by atoms with Crippen LogP contribution in [0.2, 0.25) is 0 Å². The van der Waals surface area contributed by atoms with E-state index in [0.29, 0.717) is 6.04 Å². The van der Waals surface area contributed by atoms with Crippen molar-refractivity contribution in [1.82, 2.24) is 20.0 Å². The van der Waals surface area contributed by atoms with Crippen molar-refractivity contribution in [3.05, 3.63) is 18.5 Å². The van der Waals surface area contributed by atoms with Crippen molar-refractivity contribution in [3.8, 4) is 0 Å². The zero-order valence-electron chi connectivity index (χ0n) is 11.3. The Labute approximate surface area is 109 Å². The Hall–Kier alpha value is -0.870. The van der Waals surface area contributed by atoms with Gasteiger partial charge in [-0.05, 0) is 31.2 Å². The third-order valence-corrected chi connectivity index (χ3v) is 4.37. The molecule has 0 aromatic carbocycles. The number of hydrogen-bond acceptors (Lipinski definition) is 3. The lowest BCUT2D eigenvalue weighted by Gasteiger charge is -2.40. The molecular weight excluding hydrogens is 224 g/mol. The molecule has 1 saturated carbocycles. The fourth-order valence-corrected chi connectivity index (χ4v) is 3.04. The highest BCUT2D eigenvalue weighted by molar-refractivity contribution is 4.94. The van der Waals surface area contributed by atoms with E-state index in [2.05, 4.69) is 28.4 Å². The molecule has 0 spiro atoms. The number of piperazine rings is 1. The summed E-state index contributed by atoms with van der Waals surface area (Å²) in [6, 6.07) is 3.45. The van der Waals surface area contributed by atoms with Crippen molar-refractivity contribution in [2.45, 2.75) is 44.8 Å². The first kappa shape index (κ1) is 12.2. The largest absolute Gasteiger partial charge is 0.311 e. The molecule has 2 fully saturated rings. The molecule has 2 atom stereocenters. The normalized spacial score (nSPS) is 29.6. The van der Waals surface area contributed by atoms with E-state index in [0.717, 1.165) is 25.0 Å². The molecule has 2 heterocycles. The molecule has 0 bridgehead atoms. The third-order valence-electron chi connectivity index (χ3n) is 4.37. The van der Waals surface area contributed by atoms with Crippen LogP contribution in [0.1, 0.15) is 26.2 Å². The lowest BCUT2D eigenvalue weighted by molar-refractivity contribution is 0.108. The second-order valence-corrected chi connectivity index (χ2v) is 5.68. The van der Waals surface area contributed by atoms with Crippen molar-refractivity contribution in [1.29, 1.82) is 0 Å². The van der Waals surface area contributed by atoms with E-state index in [4.69, 9.17) is 0 Å². The summed E-state index contributed by atoms with van der Waals surface area (Å²) >= 11 is 0. The minimum Gasteiger partial charge on any atom is -0.311 e. The molecule has 0 amide bonds. The van der Waals surface area contributed by atoms with Crippen LogP contribution in [0.3, 0.4) is 0 Å². The zero-order chi connectivity index (χ0) is 12.4. The van der Waals surface area contributed by atoms with Crippen LogP contribution in [0.15, 0.2) is 18.5 Å². The van der Waals surface area contributed by atoms with Crippen molar-refractivity contribution >= 4 is 0 Å². The van der Waals surface area contributed by atoms with Crippen LogP contribution in [0.4, 0.5) is 0 Å². The van der Waals surface area contributed by atoms with Gasteiger partial charge < -0.3 is 5.32 Å². The molecule has 4 nitrogen and oxygen atoms in total. The predicted octanol–water partition coefficient (Wildman–Crippen LogP) is 1.35. The van der Waals surface area contributed by atoms with Crippen LogP contribution in [0.5, 0.6) is 0 Å². The quantitative estimate of drug-likeness (QED) is 0.854.